The van der Waals surface area contributed by atoms with Gasteiger partial charge in [-0.05, 0) is 49.9 Å². The number of amides is 1. The summed E-state index contributed by atoms with van der Waals surface area (Å²) in [5.74, 6) is -0.201. The summed E-state index contributed by atoms with van der Waals surface area (Å²) in [6, 6.07) is 16.7. The van der Waals surface area contributed by atoms with Crippen LogP contribution in [0.3, 0.4) is 0 Å². The van der Waals surface area contributed by atoms with Gasteiger partial charge >= 0.3 is 0 Å². The van der Waals surface area contributed by atoms with Crippen molar-refractivity contribution in [3.63, 3.8) is 0 Å². The Labute approximate surface area is 171 Å². The minimum Gasteiger partial charge on any atom is -0.347 e. The first-order valence-corrected chi connectivity index (χ1v) is 10.1. The molecule has 29 heavy (non-hydrogen) atoms. The molecule has 3 aromatic rings. The van der Waals surface area contributed by atoms with E-state index in [0.29, 0.717) is 18.3 Å². The number of nitrogens with one attached hydrogen (secondary N) is 1. The molecule has 2 aromatic carbocycles. The lowest BCUT2D eigenvalue weighted by Gasteiger charge is -2.32. The molecule has 1 aliphatic heterocycles. The molecule has 150 valence electrons. The summed E-state index contributed by atoms with van der Waals surface area (Å²) in [5, 5.41) is 11.4. The molecule has 1 aromatic heterocycles. The number of benzene rings is 2. The molecule has 0 bridgehead atoms. The van der Waals surface area contributed by atoms with Gasteiger partial charge in [0.1, 0.15) is 0 Å². The molecule has 0 atom stereocenters. The Hall–Kier alpha value is -2.99. The van der Waals surface area contributed by atoms with Crippen LogP contribution in [0.5, 0.6) is 0 Å². The molecule has 0 radical (unpaired) electrons. The molecule has 1 amide bonds. The molecule has 0 aliphatic carbocycles. The van der Waals surface area contributed by atoms with E-state index in [2.05, 4.69) is 52.6 Å². The number of carbonyl (C=O) groups is 1. The standard InChI is InChI=1S/C23H27N5O/c1-16(2)27-13-12-20-19(15-27)10-7-11-21(20)28-17(3)22(25-26-28)23(29)24-14-18-8-5-4-6-9-18/h4-11,16H,12-15H2,1-3H3,(H,24,29). The van der Waals surface area contributed by atoms with Crippen LogP contribution in [0.2, 0.25) is 0 Å². The van der Waals surface area contributed by atoms with E-state index < -0.39 is 0 Å². The molecular weight excluding hydrogens is 362 g/mol. The lowest BCUT2D eigenvalue weighted by atomic mass is 9.97. The lowest BCUT2D eigenvalue weighted by Crippen LogP contribution is -2.36. The van der Waals surface area contributed by atoms with Gasteiger partial charge in [0.25, 0.3) is 5.91 Å². The second kappa shape index (κ2) is 8.17. The topological polar surface area (TPSA) is 63.1 Å². The largest absolute Gasteiger partial charge is 0.347 e. The summed E-state index contributed by atoms with van der Waals surface area (Å²) in [5.41, 5.74) is 5.84. The Balaban J connectivity index is 1.56. The lowest BCUT2D eigenvalue weighted by molar-refractivity contribution is 0.0945. The van der Waals surface area contributed by atoms with Crippen LogP contribution in [-0.4, -0.2) is 38.4 Å². The Morgan fingerprint density at radius 2 is 1.93 bits per heavy atom. The maximum Gasteiger partial charge on any atom is 0.274 e. The van der Waals surface area contributed by atoms with Gasteiger partial charge in [-0.1, -0.05) is 47.7 Å². The van der Waals surface area contributed by atoms with Crippen LogP contribution >= 0.6 is 0 Å². The summed E-state index contributed by atoms with van der Waals surface area (Å²) in [4.78, 5) is 15.1. The van der Waals surface area contributed by atoms with E-state index in [1.165, 1.54) is 11.1 Å². The molecule has 0 saturated heterocycles. The van der Waals surface area contributed by atoms with E-state index in [-0.39, 0.29) is 5.91 Å². The number of carbonyl (C=O) groups excluding carboxylic acids is 1. The van der Waals surface area contributed by atoms with Crippen molar-refractivity contribution in [2.75, 3.05) is 6.54 Å². The molecule has 0 unspecified atom stereocenters. The van der Waals surface area contributed by atoms with Crippen LogP contribution in [0.4, 0.5) is 0 Å². The molecule has 1 aliphatic rings. The van der Waals surface area contributed by atoms with Crippen molar-refractivity contribution >= 4 is 5.91 Å². The maximum absolute atomic E-state index is 12.7. The average molecular weight is 390 g/mol. The van der Waals surface area contributed by atoms with Gasteiger partial charge in [-0.3, -0.25) is 9.69 Å². The first-order valence-electron chi connectivity index (χ1n) is 10.1. The Kier molecular flexibility index (Phi) is 5.45. The number of hydrogen-bond acceptors (Lipinski definition) is 4. The first kappa shape index (κ1) is 19.3. The van der Waals surface area contributed by atoms with E-state index >= 15 is 0 Å². The van der Waals surface area contributed by atoms with Gasteiger partial charge in [0.2, 0.25) is 0 Å². The summed E-state index contributed by atoms with van der Waals surface area (Å²) < 4.78 is 1.81. The van der Waals surface area contributed by atoms with Crippen LogP contribution < -0.4 is 5.32 Å². The predicted octanol–water partition coefficient (Wildman–Crippen LogP) is 3.27. The second-order valence-electron chi connectivity index (χ2n) is 7.83. The fraction of sp³-hybridized carbons (Fsp3) is 0.348. The van der Waals surface area contributed by atoms with Gasteiger partial charge in [-0.15, -0.1) is 5.10 Å². The second-order valence-corrected chi connectivity index (χ2v) is 7.83. The number of hydrogen-bond donors (Lipinski definition) is 1. The fourth-order valence-corrected chi connectivity index (χ4v) is 3.88. The molecule has 4 rings (SSSR count). The monoisotopic (exact) mass is 389 g/mol. The summed E-state index contributed by atoms with van der Waals surface area (Å²) in [6.45, 7) is 8.81. The zero-order valence-corrected chi connectivity index (χ0v) is 17.2. The highest BCUT2D eigenvalue weighted by Crippen LogP contribution is 2.27. The number of nitrogens with zero attached hydrogens (tertiary/aromatic N) is 4. The molecule has 0 spiro atoms. The molecule has 0 saturated carbocycles. The van der Waals surface area contributed by atoms with Crippen LogP contribution in [-0.2, 0) is 19.5 Å². The van der Waals surface area contributed by atoms with E-state index in [9.17, 15) is 4.79 Å². The van der Waals surface area contributed by atoms with Crippen molar-refractivity contribution in [2.24, 2.45) is 0 Å². The van der Waals surface area contributed by atoms with Crippen LogP contribution in [0.1, 0.15) is 46.7 Å². The summed E-state index contributed by atoms with van der Waals surface area (Å²) in [7, 11) is 0. The van der Waals surface area contributed by atoms with E-state index in [0.717, 1.165) is 36.5 Å². The third-order valence-corrected chi connectivity index (χ3v) is 5.63. The zero-order chi connectivity index (χ0) is 20.4. The van der Waals surface area contributed by atoms with Crippen molar-refractivity contribution in [3.8, 4) is 5.69 Å². The van der Waals surface area contributed by atoms with Gasteiger partial charge in [-0.25, -0.2) is 4.68 Å². The quantitative estimate of drug-likeness (QED) is 0.727. The molecule has 2 heterocycles. The SMILES string of the molecule is Cc1c(C(=O)NCc2ccccc2)nnn1-c1cccc2c1CCN(C(C)C)C2. The Morgan fingerprint density at radius 3 is 2.69 bits per heavy atom. The van der Waals surface area contributed by atoms with E-state index in [1.807, 2.05) is 37.3 Å². The molecule has 1 N–H and O–H groups in total. The zero-order valence-electron chi connectivity index (χ0n) is 17.2. The van der Waals surface area contributed by atoms with Gasteiger partial charge < -0.3 is 5.32 Å². The van der Waals surface area contributed by atoms with Crippen molar-refractivity contribution < 1.29 is 4.79 Å². The van der Waals surface area contributed by atoms with Crippen molar-refractivity contribution in [1.82, 2.24) is 25.2 Å². The van der Waals surface area contributed by atoms with Crippen molar-refractivity contribution in [1.29, 1.82) is 0 Å². The maximum atomic E-state index is 12.7. The van der Waals surface area contributed by atoms with Crippen molar-refractivity contribution in [3.05, 3.63) is 76.6 Å². The molecule has 6 heteroatoms. The van der Waals surface area contributed by atoms with E-state index in [4.69, 9.17) is 0 Å². The molecular formula is C23H27N5O. The smallest absolute Gasteiger partial charge is 0.274 e. The normalized spacial score (nSPS) is 14.1. The molecule has 0 fully saturated rings. The highest BCUT2D eigenvalue weighted by Gasteiger charge is 2.23. The Morgan fingerprint density at radius 1 is 1.14 bits per heavy atom. The van der Waals surface area contributed by atoms with Gasteiger partial charge in [-0.2, -0.15) is 0 Å². The number of fused-ring (bicyclic) bond motifs is 1. The number of aromatic nitrogens is 3. The van der Waals surface area contributed by atoms with Gasteiger partial charge in [0, 0.05) is 25.7 Å². The van der Waals surface area contributed by atoms with Crippen LogP contribution in [0, 0.1) is 6.92 Å². The van der Waals surface area contributed by atoms with Gasteiger partial charge in [0.05, 0.1) is 11.4 Å². The Bertz CT molecular complexity index is 1010. The minimum atomic E-state index is -0.201. The van der Waals surface area contributed by atoms with Crippen molar-refractivity contribution in [2.45, 2.75) is 46.3 Å². The fourth-order valence-electron chi connectivity index (χ4n) is 3.88. The van der Waals surface area contributed by atoms with Crippen LogP contribution in [0.25, 0.3) is 5.69 Å². The van der Waals surface area contributed by atoms with E-state index in [1.54, 1.807) is 4.68 Å². The highest BCUT2D eigenvalue weighted by atomic mass is 16.2. The summed E-state index contributed by atoms with van der Waals surface area (Å²) >= 11 is 0. The highest BCUT2D eigenvalue weighted by molar-refractivity contribution is 5.93. The number of rotatable bonds is 5. The summed E-state index contributed by atoms with van der Waals surface area (Å²) in [6.07, 6.45) is 0.971. The van der Waals surface area contributed by atoms with Crippen LogP contribution in [0.15, 0.2) is 48.5 Å². The average Bonchev–Trinajstić information content (AvgIpc) is 3.13. The van der Waals surface area contributed by atoms with Gasteiger partial charge in [0.15, 0.2) is 5.69 Å². The molecule has 6 nitrogen and oxygen atoms in total. The predicted molar refractivity (Wildman–Crippen MR) is 113 cm³/mol. The minimum absolute atomic E-state index is 0.201. The first-order chi connectivity index (χ1) is 14.0. The third-order valence-electron chi connectivity index (χ3n) is 5.63. The third kappa shape index (κ3) is 3.93.